The largest absolute Gasteiger partial charge is 0.460 e. The minimum Gasteiger partial charge on any atom is -0.460 e. The van der Waals surface area contributed by atoms with Gasteiger partial charge >= 0.3 is 12.1 Å². The van der Waals surface area contributed by atoms with Crippen molar-refractivity contribution < 1.29 is 19.1 Å². The van der Waals surface area contributed by atoms with Crippen LogP contribution in [-0.4, -0.2) is 48.3 Å². The molecular weight excluding hydrogens is 476 g/mol. The predicted molar refractivity (Wildman–Crippen MR) is 154 cm³/mol. The number of para-hydroxylation sites is 1. The van der Waals surface area contributed by atoms with Crippen LogP contribution in [-0.2, 0) is 26.1 Å². The number of hydrogen-bond donors (Lipinski definition) is 0. The smallest absolute Gasteiger partial charge is 0.410 e. The maximum Gasteiger partial charge on any atom is 0.410 e. The molecule has 1 heterocycles. The monoisotopic (exact) mass is 522 g/mol. The van der Waals surface area contributed by atoms with E-state index in [0.29, 0.717) is 25.8 Å². The first-order chi connectivity index (χ1) is 17.6. The van der Waals surface area contributed by atoms with Crippen LogP contribution < -0.4 is 4.90 Å². The van der Waals surface area contributed by atoms with Gasteiger partial charge in [-0.15, -0.1) is 0 Å². The molecule has 0 fully saturated rings. The Bertz CT molecular complexity index is 1130. The Morgan fingerprint density at radius 2 is 1.63 bits per heavy atom. The van der Waals surface area contributed by atoms with Crippen LogP contribution in [0.3, 0.4) is 0 Å². The summed E-state index contributed by atoms with van der Waals surface area (Å²) >= 11 is 0. The summed E-state index contributed by atoms with van der Waals surface area (Å²) in [6, 6.07) is 17.1. The van der Waals surface area contributed by atoms with Gasteiger partial charge in [0.15, 0.2) is 0 Å². The number of ether oxygens (including phenoxy) is 2. The van der Waals surface area contributed by atoms with E-state index in [4.69, 9.17) is 9.47 Å². The zero-order valence-electron chi connectivity index (χ0n) is 24.8. The number of benzene rings is 2. The summed E-state index contributed by atoms with van der Waals surface area (Å²) in [6.07, 6.45) is 1.52. The second kappa shape index (κ2) is 11.4. The van der Waals surface area contributed by atoms with Crippen molar-refractivity contribution >= 4 is 23.4 Å². The van der Waals surface area contributed by atoms with Crippen LogP contribution in [0.2, 0.25) is 0 Å². The molecule has 0 saturated carbocycles. The number of esters is 1. The third kappa shape index (κ3) is 7.99. The van der Waals surface area contributed by atoms with Crippen LogP contribution in [0.4, 0.5) is 16.2 Å². The van der Waals surface area contributed by atoms with E-state index >= 15 is 0 Å². The highest BCUT2D eigenvalue weighted by Crippen LogP contribution is 2.44. The standard InChI is InChI=1S/C32H46N2O4/c1-30(2,3)37-28(35)24(15-13-19-33(9)29(36)38-31(4,5)6)20-23-14-12-16-25(21-23)34-22-32(7,8)26-17-10-11-18-27(26)34/h10-12,14,16-18,21,24H,13,15,19-20,22H2,1-9H3. The van der Waals surface area contributed by atoms with Crippen molar-refractivity contribution in [2.45, 2.75) is 91.3 Å². The van der Waals surface area contributed by atoms with Crippen LogP contribution in [0, 0.1) is 5.92 Å². The van der Waals surface area contributed by atoms with E-state index < -0.39 is 11.2 Å². The number of anilines is 2. The van der Waals surface area contributed by atoms with E-state index in [1.807, 2.05) is 41.5 Å². The Morgan fingerprint density at radius 3 is 2.29 bits per heavy atom. The van der Waals surface area contributed by atoms with Gasteiger partial charge in [-0.2, -0.15) is 0 Å². The highest BCUT2D eigenvalue weighted by atomic mass is 16.6. The van der Waals surface area contributed by atoms with E-state index in [1.54, 1.807) is 11.9 Å². The van der Waals surface area contributed by atoms with Gasteiger partial charge in [0.2, 0.25) is 0 Å². The van der Waals surface area contributed by atoms with Crippen LogP contribution >= 0.6 is 0 Å². The summed E-state index contributed by atoms with van der Waals surface area (Å²) in [4.78, 5) is 29.5. The lowest BCUT2D eigenvalue weighted by Crippen LogP contribution is -2.35. The summed E-state index contributed by atoms with van der Waals surface area (Å²) < 4.78 is 11.3. The van der Waals surface area contributed by atoms with Gasteiger partial charge < -0.3 is 19.3 Å². The number of amides is 1. The normalized spacial score (nSPS) is 15.6. The minimum atomic E-state index is -0.560. The average molecular weight is 523 g/mol. The van der Waals surface area contributed by atoms with Crippen LogP contribution in [0.5, 0.6) is 0 Å². The van der Waals surface area contributed by atoms with Crippen molar-refractivity contribution in [1.82, 2.24) is 4.90 Å². The van der Waals surface area contributed by atoms with Gasteiger partial charge in [-0.05, 0) is 90.1 Å². The summed E-state index contributed by atoms with van der Waals surface area (Å²) in [6.45, 7) is 17.2. The third-order valence-electron chi connectivity index (χ3n) is 6.67. The predicted octanol–water partition coefficient (Wildman–Crippen LogP) is 7.26. The molecule has 1 amide bonds. The molecule has 2 aromatic carbocycles. The molecular formula is C32H46N2O4. The zero-order chi connectivity index (χ0) is 28.3. The fraction of sp³-hybridized carbons (Fsp3) is 0.562. The maximum atomic E-state index is 13.2. The second-order valence-electron chi connectivity index (χ2n) is 13.1. The van der Waals surface area contributed by atoms with Crippen molar-refractivity contribution in [2.75, 3.05) is 25.0 Å². The Labute approximate surface area is 229 Å². The Kier molecular flexibility index (Phi) is 8.85. The lowest BCUT2D eigenvalue weighted by molar-refractivity contribution is -0.160. The summed E-state index contributed by atoms with van der Waals surface area (Å²) in [5.74, 6) is -0.505. The number of carbonyl (C=O) groups excluding carboxylic acids is 2. The fourth-order valence-corrected chi connectivity index (χ4v) is 4.91. The van der Waals surface area contributed by atoms with E-state index in [0.717, 1.165) is 17.8 Å². The number of rotatable bonds is 8. The Balaban J connectivity index is 1.74. The Morgan fingerprint density at radius 1 is 0.974 bits per heavy atom. The van der Waals surface area contributed by atoms with Crippen molar-refractivity contribution in [3.8, 4) is 0 Å². The first kappa shape index (κ1) is 29.5. The second-order valence-corrected chi connectivity index (χ2v) is 13.1. The fourth-order valence-electron chi connectivity index (χ4n) is 4.91. The van der Waals surface area contributed by atoms with Crippen LogP contribution in [0.25, 0.3) is 0 Å². The molecule has 0 radical (unpaired) electrons. The molecule has 0 spiro atoms. The number of carbonyl (C=O) groups is 2. The van der Waals surface area contributed by atoms with Crippen molar-refractivity contribution in [2.24, 2.45) is 5.92 Å². The number of hydrogen-bond acceptors (Lipinski definition) is 5. The molecule has 6 heteroatoms. The molecule has 6 nitrogen and oxygen atoms in total. The molecule has 1 aliphatic heterocycles. The van der Waals surface area contributed by atoms with Gasteiger partial charge in [0.05, 0.1) is 5.92 Å². The van der Waals surface area contributed by atoms with Gasteiger partial charge in [-0.3, -0.25) is 4.79 Å². The minimum absolute atomic E-state index is 0.0613. The van der Waals surface area contributed by atoms with Gasteiger partial charge in [0.25, 0.3) is 0 Å². The third-order valence-corrected chi connectivity index (χ3v) is 6.67. The summed E-state index contributed by atoms with van der Waals surface area (Å²) in [5, 5.41) is 0. The summed E-state index contributed by atoms with van der Waals surface area (Å²) in [7, 11) is 1.73. The lowest BCUT2D eigenvalue weighted by Gasteiger charge is -2.26. The summed E-state index contributed by atoms with van der Waals surface area (Å²) in [5.41, 5.74) is 3.78. The molecule has 1 atom stereocenters. The van der Waals surface area contributed by atoms with E-state index in [-0.39, 0.29) is 23.4 Å². The molecule has 0 aliphatic carbocycles. The van der Waals surface area contributed by atoms with Crippen molar-refractivity contribution in [3.05, 3.63) is 59.7 Å². The molecule has 3 rings (SSSR count). The van der Waals surface area contributed by atoms with Crippen LogP contribution in [0.1, 0.15) is 79.4 Å². The van der Waals surface area contributed by atoms with Crippen molar-refractivity contribution in [1.29, 1.82) is 0 Å². The highest BCUT2D eigenvalue weighted by molar-refractivity contribution is 5.75. The first-order valence-electron chi connectivity index (χ1n) is 13.7. The topological polar surface area (TPSA) is 59.1 Å². The Hall–Kier alpha value is -3.02. The SMILES string of the molecule is CN(CCCC(Cc1cccc(N2CC(C)(C)c3ccccc32)c1)C(=O)OC(C)(C)C)C(=O)OC(C)(C)C. The molecule has 1 unspecified atom stereocenters. The zero-order valence-corrected chi connectivity index (χ0v) is 24.8. The molecule has 0 aromatic heterocycles. The van der Waals surface area contributed by atoms with E-state index in [2.05, 4.69) is 67.3 Å². The highest BCUT2D eigenvalue weighted by Gasteiger charge is 2.35. The quantitative estimate of drug-likeness (QED) is 0.341. The maximum absolute atomic E-state index is 13.2. The molecule has 2 aromatic rings. The van der Waals surface area contributed by atoms with Gasteiger partial charge in [0.1, 0.15) is 11.2 Å². The molecule has 0 saturated heterocycles. The molecule has 1 aliphatic rings. The first-order valence-corrected chi connectivity index (χ1v) is 13.7. The lowest BCUT2D eigenvalue weighted by atomic mass is 9.87. The molecule has 38 heavy (non-hydrogen) atoms. The van der Waals surface area contributed by atoms with Gasteiger partial charge in [0, 0.05) is 36.9 Å². The van der Waals surface area contributed by atoms with E-state index in [9.17, 15) is 9.59 Å². The van der Waals surface area contributed by atoms with Crippen molar-refractivity contribution in [3.63, 3.8) is 0 Å². The molecule has 0 bridgehead atoms. The van der Waals surface area contributed by atoms with E-state index in [1.165, 1.54) is 11.3 Å². The molecule has 208 valence electrons. The number of nitrogens with zero attached hydrogens (tertiary/aromatic N) is 2. The molecule has 0 N–H and O–H groups in total. The average Bonchev–Trinajstić information content (AvgIpc) is 3.07. The van der Waals surface area contributed by atoms with Gasteiger partial charge in [-0.1, -0.05) is 44.2 Å². The number of fused-ring (bicyclic) bond motifs is 1. The van der Waals surface area contributed by atoms with Crippen LogP contribution in [0.15, 0.2) is 48.5 Å². The van der Waals surface area contributed by atoms with Gasteiger partial charge in [-0.25, -0.2) is 4.79 Å².